The van der Waals surface area contributed by atoms with Crippen LogP contribution in [-0.2, 0) is 0 Å². The van der Waals surface area contributed by atoms with Gasteiger partial charge in [-0.15, -0.1) is 0 Å². The third-order valence-electron chi connectivity index (χ3n) is 2.70. The van der Waals surface area contributed by atoms with Gasteiger partial charge in [-0.05, 0) is 30.7 Å². The maximum atomic E-state index is 12.8. The van der Waals surface area contributed by atoms with Gasteiger partial charge >= 0.3 is 6.03 Å². The first-order chi connectivity index (χ1) is 8.16. The number of ether oxygens (including phenoxy) is 1. The van der Waals surface area contributed by atoms with E-state index >= 15 is 0 Å². The molecule has 1 heterocycles. The number of nitrogens with zero attached hydrogens (tertiary/aromatic N) is 1. The number of aryl methyl sites for hydroxylation is 1. The van der Waals surface area contributed by atoms with E-state index in [9.17, 15) is 9.18 Å². The highest BCUT2D eigenvalue weighted by Crippen LogP contribution is 2.18. The fourth-order valence-electron chi connectivity index (χ4n) is 1.77. The summed E-state index contributed by atoms with van der Waals surface area (Å²) in [5, 5.41) is 2.72. The number of amides is 2. The van der Waals surface area contributed by atoms with E-state index in [1.807, 2.05) is 0 Å². The number of nitrogens with one attached hydrogen (secondary N) is 1. The van der Waals surface area contributed by atoms with Crippen molar-refractivity contribution in [2.45, 2.75) is 6.92 Å². The average Bonchev–Trinajstić information content (AvgIpc) is 2.68. The quantitative estimate of drug-likeness (QED) is 0.864. The molecule has 1 fully saturated rings. The van der Waals surface area contributed by atoms with Gasteiger partial charge in [-0.1, -0.05) is 0 Å². The first-order valence-electron chi connectivity index (χ1n) is 5.58. The Balaban J connectivity index is 1.83. The van der Waals surface area contributed by atoms with Gasteiger partial charge in [0.1, 0.15) is 18.2 Å². The zero-order valence-corrected chi connectivity index (χ0v) is 9.70. The molecule has 92 valence electrons. The number of urea groups is 1. The third-order valence-corrected chi connectivity index (χ3v) is 2.70. The normalized spacial score (nSPS) is 14.9. The smallest absolute Gasteiger partial charge is 0.317 e. The second-order valence-electron chi connectivity index (χ2n) is 3.98. The lowest BCUT2D eigenvalue weighted by Crippen LogP contribution is -2.31. The lowest BCUT2D eigenvalue weighted by atomic mass is 10.2. The second-order valence-corrected chi connectivity index (χ2v) is 3.98. The molecule has 0 atom stereocenters. The molecule has 0 aromatic heterocycles. The molecule has 5 heteroatoms. The Hall–Kier alpha value is -1.78. The number of hydrogen-bond donors (Lipinski definition) is 1. The Bertz CT molecular complexity index is 423. The van der Waals surface area contributed by atoms with Gasteiger partial charge in [-0.25, -0.2) is 9.18 Å². The largest absolute Gasteiger partial charge is 0.491 e. The van der Waals surface area contributed by atoms with Crippen molar-refractivity contribution >= 4 is 6.03 Å². The number of halogens is 1. The van der Waals surface area contributed by atoms with Gasteiger partial charge in [-0.3, -0.25) is 0 Å². The Labute approximate surface area is 99.4 Å². The second kappa shape index (κ2) is 5.03. The highest BCUT2D eigenvalue weighted by Gasteiger charge is 2.18. The molecule has 1 aliphatic heterocycles. The number of hydrogen-bond acceptors (Lipinski definition) is 2. The topological polar surface area (TPSA) is 41.6 Å². The van der Waals surface area contributed by atoms with Gasteiger partial charge < -0.3 is 15.0 Å². The van der Waals surface area contributed by atoms with Crippen molar-refractivity contribution in [1.29, 1.82) is 0 Å². The van der Waals surface area contributed by atoms with Crippen molar-refractivity contribution in [3.05, 3.63) is 29.6 Å². The van der Waals surface area contributed by atoms with Crippen LogP contribution in [0.15, 0.2) is 18.2 Å². The minimum absolute atomic E-state index is 0.0515. The summed E-state index contributed by atoms with van der Waals surface area (Å²) in [7, 11) is 0. The van der Waals surface area contributed by atoms with E-state index in [1.165, 1.54) is 12.1 Å². The summed E-state index contributed by atoms with van der Waals surface area (Å²) in [5.41, 5.74) is 0.760. The van der Waals surface area contributed by atoms with E-state index in [4.69, 9.17) is 4.74 Å². The molecule has 0 spiro atoms. The van der Waals surface area contributed by atoms with Crippen molar-refractivity contribution in [3.8, 4) is 5.75 Å². The summed E-state index contributed by atoms with van der Waals surface area (Å²) in [6, 6.07) is 4.35. The molecule has 1 aliphatic rings. The van der Waals surface area contributed by atoms with Crippen molar-refractivity contribution in [1.82, 2.24) is 10.2 Å². The number of carbonyl (C=O) groups excluding carboxylic acids is 1. The Kier molecular flexibility index (Phi) is 3.46. The SMILES string of the molecule is Cc1cc(F)ccc1OCCN1CCNC1=O. The zero-order valence-electron chi connectivity index (χ0n) is 9.70. The van der Waals surface area contributed by atoms with E-state index in [0.29, 0.717) is 32.0 Å². The standard InChI is InChI=1S/C12H15FN2O2/c1-9-8-10(13)2-3-11(9)17-7-6-15-5-4-14-12(15)16/h2-3,8H,4-7H2,1H3,(H,14,16). The van der Waals surface area contributed by atoms with Crippen LogP contribution in [0.25, 0.3) is 0 Å². The van der Waals surface area contributed by atoms with Crippen LogP contribution in [-0.4, -0.2) is 37.2 Å². The summed E-state index contributed by atoms with van der Waals surface area (Å²) in [6.07, 6.45) is 0. The van der Waals surface area contributed by atoms with Crippen molar-refractivity contribution < 1.29 is 13.9 Å². The van der Waals surface area contributed by atoms with Crippen LogP contribution in [0.1, 0.15) is 5.56 Å². The molecule has 1 aromatic carbocycles. The van der Waals surface area contributed by atoms with Crippen LogP contribution >= 0.6 is 0 Å². The number of rotatable bonds is 4. The summed E-state index contributed by atoms with van der Waals surface area (Å²) in [4.78, 5) is 12.9. The molecule has 0 aliphatic carbocycles. The third kappa shape index (κ3) is 2.87. The minimum Gasteiger partial charge on any atom is -0.491 e. The van der Waals surface area contributed by atoms with Crippen molar-refractivity contribution in [3.63, 3.8) is 0 Å². The molecule has 17 heavy (non-hydrogen) atoms. The maximum absolute atomic E-state index is 12.8. The Morgan fingerprint density at radius 3 is 3.00 bits per heavy atom. The number of benzene rings is 1. The van der Waals surface area contributed by atoms with Gasteiger partial charge in [0.25, 0.3) is 0 Å². The Morgan fingerprint density at radius 1 is 1.53 bits per heavy atom. The van der Waals surface area contributed by atoms with E-state index in [1.54, 1.807) is 17.9 Å². The molecule has 0 bridgehead atoms. The predicted molar refractivity (Wildman–Crippen MR) is 61.6 cm³/mol. The van der Waals surface area contributed by atoms with Gasteiger partial charge in [-0.2, -0.15) is 0 Å². The monoisotopic (exact) mass is 238 g/mol. The minimum atomic E-state index is -0.270. The van der Waals surface area contributed by atoms with Crippen LogP contribution in [0.4, 0.5) is 9.18 Å². The maximum Gasteiger partial charge on any atom is 0.317 e. The van der Waals surface area contributed by atoms with Crippen LogP contribution in [0.5, 0.6) is 5.75 Å². The fourth-order valence-corrected chi connectivity index (χ4v) is 1.77. The van der Waals surface area contributed by atoms with E-state index in [2.05, 4.69) is 5.32 Å². The molecule has 1 saturated heterocycles. The highest BCUT2D eigenvalue weighted by atomic mass is 19.1. The zero-order chi connectivity index (χ0) is 12.3. The summed E-state index contributed by atoms with van der Waals surface area (Å²) in [5.74, 6) is 0.389. The lowest BCUT2D eigenvalue weighted by molar-refractivity contribution is 0.202. The van der Waals surface area contributed by atoms with E-state index < -0.39 is 0 Å². The van der Waals surface area contributed by atoms with Gasteiger partial charge in [0, 0.05) is 13.1 Å². The van der Waals surface area contributed by atoms with Crippen LogP contribution in [0, 0.1) is 12.7 Å². The van der Waals surface area contributed by atoms with Gasteiger partial charge in [0.05, 0.1) is 6.54 Å². The van der Waals surface area contributed by atoms with Crippen molar-refractivity contribution in [2.24, 2.45) is 0 Å². The van der Waals surface area contributed by atoms with E-state index in [0.717, 1.165) is 5.56 Å². The average molecular weight is 238 g/mol. The highest BCUT2D eigenvalue weighted by molar-refractivity contribution is 5.76. The van der Waals surface area contributed by atoms with Crippen molar-refractivity contribution in [2.75, 3.05) is 26.2 Å². The van der Waals surface area contributed by atoms with Crippen LogP contribution in [0.2, 0.25) is 0 Å². The summed E-state index contributed by atoms with van der Waals surface area (Å²) >= 11 is 0. The van der Waals surface area contributed by atoms with Gasteiger partial charge in [0.2, 0.25) is 0 Å². The van der Waals surface area contributed by atoms with Crippen LogP contribution < -0.4 is 10.1 Å². The molecule has 1 aromatic rings. The molecule has 4 nitrogen and oxygen atoms in total. The molecular formula is C12H15FN2O2. The first kappa shape index (κ1) is 11.7. The predicted octanol–water partition coefficient (Wildman–Crippen LogP) is 1.54. The summed E-state index contributed by atoms with van der Waals surface area (Å²) < 4.78 is 18.4. The van der Waals surface area contributed by atoms with Crippen LogP contribution in [0.3, 0.4) is 0 Å². The lowest BCUT2D eigenvalue weighted by Gasteiger charge is -2.15. The van der Waals surface area contributed by atoms with E-state index in [-0.39, 0.29) is 11.8 Å². The molecule has 0 unspecified atom stereocenters. The first-order valence-corrected chi connectivity index (χ1v) is 5.58. The molecule has 0 radical (unpaired) electrons. The molecule has 2 amide bonds. The number of carbonyl (C=O) groups is 1. The molecule has 2 rings (SSSR count). The fraction of sp³-hybridized carbons (Fsp3) is 0.417. The molecular weight excluding hydrogens is 223 g/mol. The molecule has 0 saturated carbocycles. The van der Waals surface area contributed by atoms with Gasteiger partial charge in [0.15, 0.2) is 0 Å². The molecule has 1 N–H and O–H groups in total. The summed E-state index contributed by atoms with van der Waals surface area (Å²) in [6.45, 7) is 4.16. The Morgan fingerprint density at radius 2 is 2.35 bits per heavy atom.